The molecule has 3 aromatic carbocycles. The van der Waals surface area contributed by atoms with Crippen molar-refractivity contribution >= 4 is 28.6 Å². The van der Waals surface area contributed by atoms with Crippen LogP contribution in [0.1, 0.15) is 17.7 Å². The van der Waals surface area contributed by atoms with Crippen molar-refractivity contribution in [2.45, 2.75) is 12.8 Å². The number of aryl methyl sites for hydroxylation is 1. The molecule has 5 heteroatoms. The largest absolute Gasteiger partial charge is 0.310 e. The SMILES string of the molecule is Clc1nc(-c2ccccc2)nc(-c2ccc(-n3c4c(c5ccccc53)CCC=C4)cc2)n1. The van der Waals surface area contributed by atoms with E-state index in [4.69, 9.17) is 11.6 Å². The Morgan fingerprint density at radius 1 is 0.719 bits per heavy atom. The molecule has 0 fully saturated rings. The molecule has 0 bridgehead atoms. The van der Waals surface area contributed by atoms with E-state index in [0.29, 0.717) is 11.6 Å². The second kappa shape index (κ2) is 7.74. The van der Waals surface area contributed by atoms with E-state index in [2.05, 4.69) is 68.1 Å². The van der Waals surface area contributed by atoms with E-state index in [9.17, 15) is 0 Å². The molecule has 0 amide bonds. The summed E-state index contributed by atoms with van der Waals surface area (Å²) in [4.78, 5) is 13.3. The first-order chi connectivity index (χ1) is 15.8. The Morgan fingerprint density at radius 3 is 2.19 bits per heavy atom. The van der Waals surface area contributed by atoms with Crippen LogP contribution in [-0.4, -0.2) is 19.5 Å². The molecule has 1 aliphatic rings. The van der Waals surface area contributed by atoms with E-state index in [0.717, 1.165) is 29.7 Å². The van der Waals surface area contributed by atoms with Gasteiger partial charge in [-0.05, 0) is 66.4 Å². The van der Waals surface area contributed by atoms with Crippen LogP contribution in [-0.2, 0) is 6.42 Å². The standard InChI is InChI=1S/C27H19ClN4/c28-27-30-25(18-8-2-1-3-9-18)29-26(31-27)19-14-16-20(17-15-19)32-23-12-6-4-10-21(23)22-11-5-7-13-24(22)32/h1-4,6-10,12-17H,5,11H2. The van der Waals surface area contributed by atoms with Crippen LogP contribution in [0.5, 0.6) is 0 Å². The first-order valence-electron chi connectivity index (χ1n) is 10.6. The van der Waals surface area contributed by atoms with Crippen molar-refractivity contribution in [3.63, 3.8) is 0 Å². The molecular formula is C27H19ClN4. The van der Waals surface area contributed by atoms with Gasteiger partial charge in [0.05, 0.1) is 5.52 Å². The predicted molar refractivity (Wildman–Crippen MR) is 130 cm³/mol. The average molecular weight is 435 g/mol. The monoisotopic (exact) mass is 434 g/mol. The Bertz CT molecular complexity index is 1470. The smallest absolute Gasteiger partial charge is 0.226 e. The lowest BCUT2D eigenvalue weighted by molar-refractivity contribution is 0.967. The molecule has 2 aromatic heterocycles. The van der Waals surface area contributed by atoms with E-state index in [1.165, 1.54) is 22.2 Å². The van der Waals surface area contributed by atoms with E-state index in [1.807, 2.05) is 42.5 Å². The summed E-state index contributed by atoms with van der Waals surface area (Å²) in [6, 6.07) is 26.7. The van der Waals surface area contributed by atoms with Gasteiger partial charge in [-0.1, -0.05) is 54.6 Å². The van der Waals surface area contributed by atoms with Crippen molar-refractivity contribution in [1.29, 1.82) is 0 Å². The van der Waals surface area contributed by atoms with Crippen LogP contribution in [0.4, 0.5) is 0 Å². The zero-order valence-corrected chi connectivity index (χ0v) is 18.0. The molecular weight excluding hydrogens is 416 g/mol. The summed E-state index contributed by atoms with van der Waals surface area (Å²) in [5, 5.41) is 1.52. The Kier molecular flexibility index (Phi) is 4.58. The highest BCUT2D eigenvalue weighted by molar-refractivity contribution is 6.28. The molecule has 0 atom stereocenters. The first kappa shape index (κ1) is 19.0. The second-order valence-electron chi connectivity index (χ2n) is 7.82. The number of rotatable bonds is 3. The molecule has 154 valence electrons. The summed E-state index contributed by atoms with van der Waals surface area (Å²) in [6.07, 6.45) is 6.65. The van der Waals surface area contributed by atoms with Gasteiger partial charge in [0, 0.05) is 27.9 Å². The van der Waals surface area contributed by atoms with Crippen LogP contribution >= 0.6 is 11.6 Å². The summed E-state index contributed by atoms with van der Waals surface area (Å²) < 4.78 is 2.33. The third-order valence-corrected chi connectivity index (χ3v) is 6.05. The minimum absolute atomic E-state index is 0.188. The molecule has 5 aromatic rings. The number of hydrogen-bond donors (Lipinski definition) is 0. The molecule has 1 aliphatic carbocycles. The Hall–Kier alpha value is -3.76. The van der Waals surface area contributed by atoms with E-state index >= 15 is 0 Å². The summed E-state index contributed by atoms with van der Waals surface area (Å²) in [5.41, 5.74) is 6.83. The van der Waals surface area contributed by atoms with E-state index in [-0.39, 0.29) is 5.28 Å². The van der Waals surface area contributed by atoms with Crippen molar-refractivity contribution in [1.82, 2.24) is 19.5 Å². The zero-order chi connectivity index (χ0) is 21.5. The maximum atomic E-state index is 6.23. The van der Waals surface area contributed by atoms with Crippen molar-refractivity contribution in [2.75, 3.05) is 0 Å². The quantitative estimate of drug-likeness (QED) is 0.315. The maximum Gasteiger partial charge on any atom is 0.226 e. The third-order valence-electron chi connectivity index (χ3n) is 5.88. The lowest BCUT2D eigenvalue weighted by Crippen LogP contribution is -2.01. The minimum Gasteiger partial charge on any atom is -0.310 e. The number of nitrogens with zero attached hydrogens (tertiary/aromatic N) is 4. The van der Waals surface area contributed by atoms with Crippen molar-refractivity contribution in [3.05, 3.63) is 101 Å². The van der Waals surface area contributed by atoms with Crippen LogP contribution < -0.4 is 0 Å². The number of aromatic nitrogens is 4. The number of allylic oxidation sites excluding steroid dienone is 1. The van der Waals surface area contributed by atoms with Crippen LogP contribution in [0.2, 0.25) is 5.28 Å². The van der Waals surface area contributed by atoms with Gasteiger partial charge in [-0.2, -0.15) is 9.97 Å². The van der Waals surface area contributed by atoms with Gasteiger partial charge in [0.2, 0.25) is 5.28 Å². The van der Waals surface area contributed by atoms with Gasteiger partial charge in [-0.3, -0.25) is 0 Å². The predicted octanol–water partition coefficient (Wildman–Crippen LogP) is 6.76. The van der Waals surface area contributed by atoms with Gasteiger partial charge < -0.3 is 4.57 Å². The molecule has 0 unspecified atom stereocenters. The Balaban J connectivity index is 1.44. The van der Waals surface area contributed by atoms with Crippen molar-refractivity contribution in [3.8, 4) is 28.5 Å². The highest BCUT2D eigenvalue weighted by Crippen LogP contribution is 2.34. The van der Waals surface area contributed by atoms with Crippen LogP contribution in [0.15, 0.2) is 84.9 Å². The van der Waals surface area contributed by atoms with Crippen LogP contribution in [0.25, 0.3) is 45.4 Å². The fraction of sp³-hybridized carbons (Fsp3) is 0.0741. The molecule has 6 rings (SSSR count). The minimum atomic E-state index is 0.188. The highest BCUT2D eigenvalue weighted by Gasteiger charge is 2.18. The molecule has 0 radical (unpaired) electrons. The second-order valence-corrected chi connectivity index (χ2v) is 8.16. The normalized spacial score (nSPS) is 12.8. The number of halogens is 1. The molecule has 0 N–H and O–H groups in total. The van der Waals surface area contributed by atoms with Gasteiger partial charge in [0.15, 0.2) is 11.6 Å². The van der Waals surface area contributed by atoms with Crippen LogP contribution in [0, 0.1) is 0 Å². The van der Waals surface area contributed by atoms with Crippen molar-refractivity contribution in [2.24, 2.45) is 0 Å². The zero-order valence-electron chi connectivity index (χ0n) is 17.2. The summed E-state index contributed by atoms with van der Waals surface area (Å²) in [5.74, 6) is 1.13. The molecule has 0 aliphatic heterocycles. The molecule has 0 spiro atoms. The molecule has 0 saturated heterocycles. The van der Waals surface area contributed by atoms with Gasteiger partial charge in [-0.15, -0.1) is 0 Å². The Labute approximate surface area is 190 Å². The van der Waals surface area contributed by atoms with Gasteiger partial charge in [0.25, 0.3) is 0 Å². The third kappa shape index (κ3) is 3.20. The molecule has 4 nitrogen and oxygen atoms in total. The van der Waals surface area contributed by atoms with E-state index in [1.54, 1.807) is 0 Å². The fourth-order valence-electron chi connectivity index (χ4n) is 4.42. The maximum absolute atomic E-state index is 6.23. The Morgan fingerprint density at radius 2 is 1.41 bits per heavy atom. The lowest BCUT2D eigenvalue weighted by atomic mass is 10.0. The van der Waals surface area contributed by atoms with Gasteiger partial charge >= 0.3 is 0 Å². The number of benzene rings is 3. The number of para-hydroxylation sites is 1. The molecule has 0 saturated carbocycles. The lowest BCUT2D eigenvalue weighted by Gasteiger charge is -2.12. The fourth-order valence-corrected chi connectivity index (χ4v) is 4.58. The van der Waals surface area contributed by atoms with Gasteiger partial charge in [0.1, 0.15) is 0 Å². The molecule has 2 heterocycles. The van der Waals surface area contributed by atoms with E-state index < -0.39 is 0 Å². The number of fused-ring (bicyclic) bond motifs is 3. The summed E-state index contributed by atoms with van der Waals surface area (Å²) in [6.45, 7) is 0. The number of hydrogen-bond acceptors (Lipinski definition) is 3. The average Bonchev–Trinajstić information content (AvgIpc) is 3.19. The summed E-state index contributed by atoms with van der Waals surface area (Å²) in [7, 11) is 0. The topological polar surface area (TPSA) is 43.6 Å². The highest BCUT2D eigenvalue weighted by atomic mass is 35.5. The first-order valence-corrected chi connectivity index (χ1v) is 11.0. The van der Waals surface area contributed by atoms with Gasteiger partial charge in [-0.25, -0.2) is 4.98 Å². The van der Waals surface area contributed by atoms with Crippen molar-refractivity contribution < 1.29 is 0 Å². The summed E-state index contributed by atoms with van der Waals surface area (Å²) >= 11 is 6.23. The van der Waals surface area contributed by atoms with Crippen LogP contribution in [0.3, 0.4) is 0 Å². The molecule has 32 heavy (non-hydrogen) atoms.